The number of hydrogen-bond donors (Lipinski definition) is 1. The first-order valence-corrected chi connectivity index (χ1v) is 4.46. The van der Waals surface area contributed by atoms with Crippen molar-refractivity contribution in [2.75, 3.05) is 0 Å². The van der Waals surface area contributed by atoms with Crippen LogP contribution in [0.5, 0.6) is 0 Å². The van der Waals surface area contributed by atoms with Crippen LogP contribution in [0.3, 0.4) is 0 Å². The maximum absolute atomic E-state index is 4.09. The summed E-state index contributed by atoms with van der Waals surface area (Å²) >= 11 is 0. The van der Waals surface area contributed by atoms with E-state index in [9.17, 15) is 0 Å². The molecule has 0 radical (unpaired) electrons. The third-order valence-electron chi connectivity index (χ3n) is 2.50. The van der Waals surface area contributed by atoms with Crippen molar-refractivity contribution in [2.24, 2.45) is 16.9 Å². The standard InChI is InChI=1S/C10H14N2/c1-7(2)8-4-3-5-10-9(8)6-11-12-10/h3-7,9-10,12H,1-2H3. The Morgan fingerprint density at radius 2 is 2.33 bits per heavy atom. The molecule has 0 saturated heterocycles. The molecule has 2 rings (SSSR count). The summed E-state index contributed by atoms with van der Waals surface area (Å²) in [5.41, 5.74) is 4.57. The Labute approximate surface area is 73.0 Å². The molecule has 0 aromatic rings. The summed E-state index contributed by atoms with van der Waals surface area (Å²) in [5, 5.41) is 4.09. The van der Waals surface area contributed by atoms with Crippen molar-refractivity contribution >= 4 is 6.21 Å². The highest BCUT2D eigenvalue weighted by atomic mass is 15.3. The first kappa shape index (κ1) is 7.59. The molecule has 2 heteroatoms. The average molecular weight is 162 g/mol. The molecule has 64 valence electrons. The van der Waals surface area contributed by atoms with E-state index in [1.54, 1.807) is 0 Å². The first-order valence-electron chi connectivity index (χ1n) is 4.46. The number of hydrazone groups is 1. The van der Waals surface area contributed by atoms with Crippen LogP contribution in [-0.2, 0) is 0 Å². The average Bonchev–Trinajstić information content (AvgIpc) is 2.49. The minimum atomic E-state index is 0.410. The van der Waals surface area contributed by atoms with Gasteiger partial charge in [0, 0.05) is 12.1 Å². The van der Waals surface area contributed by atoms with Crippen molar-refractivity contribution in [1.82, 2.24) is 5.43 Å². The predicted octanol–water partition coefficient (Wildman–Crippen LogP) is 1.71. The van der Waals surface area contributed by atoms with E-state index in [0.717, 1.165) is 0 Å². The lowest BCUT2D eigenvalue weighted by molar-refractivity contribution is 0.557. The molecule has 1 N–H and O–H groups in total. The van der Waals surface area contributed by atoms with E-state index >= 15 is 0 Å². The van der Waals surface area contributed by atoms with E-state index in [-0.39, 0.29) is 0 Å². The zero-order chi connectivity index (χ0) is 8.55. The highest BCUT2D eigenvalue weighted by Gasteiger charge is 2.28. The topological polar surface area (TPSA) is 24.4 Å². The van der Waals surface area contributed by atoms with Gasteiger partial charge in [-0.25, -0.2) is 0 Å². The van der Waals surface area contributed by atoms with E-state index < -0.39 is 0 Å². The SMILES string of the molecule is CC(C)C1=CC=CC2NN=CC12. The van der Waals surface area contributed by atoms with Gasteiger partial charge in [-0.05, 0) is 5.92 Å². The van der Waals surface area contributed by atoms with Crippen LogP contribution in [0.4, 0.5) is 0 Å². The third-order valence-corrected chi connectivity index (χ3v) is 2.50. The van der Waals surface area contributed by atoms with E-state index in [1.165, 1.54) is 5.57 Å². The monoisotopic (exact) mass is 162 g/mol. The van der Waals surface area contributed by atoms with Crippen LogP contribution in [0.2, 0.25) is 0 Å². The van der Waals surface area contributed by atoms with Crippen molar-refractivity contribution in [3.8, 4) is 0 Å². The van der Waals surface area contributed by atoms with Gasteiger partial charge < -0.3 is 5.43 Å². The minimum Gasteiger partial charge on any atom is -0.302 e. The maximum Gasteiger partial charge on any atom is 0.0739 e. The Bertz CT molecular complexity index is 261. The van der Waals surface area contributed by atoms with E-state index in [1.807, 2.05) is 6.21 Å². The number of fused-ring (bicyclic) bond motifs is 1. The second kappa shape index (κ2) is 2.77. The van der Waals surface area contributed by atoms with Gasteiger partial charge in [-0.2, -0.15) is 5.10 Å². The summed E-state index contributed by atoms with van der Waals surface area (Å²) in [6, 6.07) is 0.410. The number of rotatable bonds is 1. The summed E-state index contributed by atoms with van der Waals surface area (Å²) in [4.78, 5) is 0. The predicted molar refractivity (Wildman–Crippen MR) is 51.0 cm³/mol. The molecule has 0 amide bonds. The van der Waals surface area contributed by atoms with Crippen LogP contribution < -0.4 is 5.43 Å². The van der Waals surface area contributed by atoms with Gasteiger partial charge in [-0.15, -0.1) is 0 Å². The summed E-state index contributed by atoms with van der Waals surface area (Å²) in [6.07, 6.45) is 8.52. The Morgan fingerprint density at radius 1 is 1.50 bits per heavy atom. The lowest BCUT2D eigenvalue weighted by Crippen LogP contribution is -2.29. The molecule has 2 nitrogen and oxygen atoms in total. The minimum absolute atomic E-state index is 0.410. The maximum atomic E-state index is 4.09. The molecule has 2 atom stereocenters. The van der Waals surface area contributed by atoms with Gasteiger partial charge in [-0.1, -0.05) is 37.6 Å². The molecular formula is C10H14N2. The summed E-state index contributed by atoms with van der Waals surface area (Å²) in [5.74, 6) is 1.11. The van der Waals surface area contributed by atoms with Gasteiger partial charge in [0.05, 0.1) is 6.04 Å². The Morgan fingerprint density at radius 3 is 3.08 bits per heavy atom. The van der Waals surface area contributed by atoms with Crippen LogP contribution in [0.15, 0.2) is 28.9 Å². The number of nitrogens with one attached hydrogen (secondary N) is 1. The zero-order valence-corrected chi connectivity index (χ0v) is 7.49. The van der Waals surface area contributed by atoms with Crippen LogP contribution in [0, 0.1) is 11.8 Å². The van der Waals surface area contributed by atoms with Crippen molar-refractivity contribution in [3.63, 3.8) is 0 Å². The fourth-order valence-corrected chi connectivity index (χ4v) is 1.81. The molecule has 1 aliphatic carbocycles. The Hall–Kier alpha value is -1.05. The van der Waals surface area contributed by atoms with Crippen molar-refractivity contribution < 1.29 is 0 Å². The fraction of sp³-hybridized carbons (Fsp3) is 0.500. The summed E-state index contributed by atoms with van der Waals surface area (Å²) < 4.78 is 0. The molecule has 2 aliphatic rings. The molecule has 0 aromatic carbocycles. The van der Waals surface area contributed by atoms with Crippen molar-refractivity contribution in [2.45, 2.75) is 19.9 Å². The molecule has 0 fully saturated rings. The summed E-state index contributed by atoms with van der Waals surface area (Å²) in [6.45, 7) is 4.46. The lowest BCUT2D eigenvalue weighted by atomic mass is 9.83. The number of allylic oxidation sites excluding steroid dienone is 2. The summed E-state index contributed by atoms with van der Waals surface area (Å²) in [7, 11) is 0. The second-order valence-electron chi connectivity index (χ2n) is 3.67. The third kappa shape index (κ3) is 1.07. The molecule has 0 spiro atoms. The zero-order valence-electron chi connectivity index (χ0n) is 7.49. The Balaban J connectivity index is 2.26. The van der Waals surface area contributed by atoms with E-state index in [4.69, 9.17) is 0 Å². The molecule has 0 saturated carbocycles. The van der Waals surface area contributed by atoms with Crippen LogP contribution in [0.1, 0.15) is 13.8 Å². The second-order valence-corrected chi connectivity index (χ2v) is 3.67. The molecule has 0 aromatic heterocycles. The molecule has 0 bridgehead atoms. The Kier molecular flexibility index (Phi) is 1.75. The van der Waals surface area contributed by atoms with Crippen LogP contribution in [0.25, 0.3) is 0 Å². The van der Waals surface area contributed by atoms with Crippen LogP contribution in [-0.4, -0.2) is 12.3 Å². The fourth-order valence-electron chi connectivity index (χ4n) is 1.81. The first-order chi connectivity index (χ1) is 5.79. The van der Waals surface area contributed by atoms with Crippen molar-refractivity contribution in [1.29, 1.82) is 0 Å². The van der Waals surface area contributed by atoms with Crippen molar-refractivity contribution in [3.05, 3.63) is 23.8 Å². The lowest BCUT2D eigenvalue weighted by Gasteiger charge is -2.23. The molecule has 1 heterocycles. The molecular weight excluding hydrogens is 148 g/mol. The van der Waals surface area contributed by atoms with Gasteiger partial charge in [0.25, 0.3) is 0 Å². The normalized spacial score (nSPS) is 31.8. The quantitative estimate of drug-likeness (QED) is 0.623. The van der Waals surface area contributed by atoms with Crippen LogP contribution >= 0.6 is 0 Å². The number of nitrogens with zero attached hydrogens (tertiary/aromatic N) is 1. The van der Waals surface area contributed by atoms with E-state index in [2.05, 4.69) is 42.6 Å². The van der Waals surface area contributed by atoms with Gasteiger partial charge in [0.2, 0.25) is 0 Å². The molecule has 2 unspecified atom stereocenters. The largest absolute Gasteiger partial charge is 0.302 e. The highest BCUT2D eigenvalue weighted by Crippen LogP contribution is 2.27. The van der Waals surface area contributed by atoms with Gasteiger partial charge in [-0.3, -0.25) is 0 Å². The highest BCUT2D eigenvalue weighted by molar-refractivity contribution is 5.70. The van der Waals surface area contributed by atoms with E-state index in [0.29, 0.717) is 17.9 Å². The van der Waals surface area contributed by atoms with Gasteiger partial charge >= 0.3 is 0 Å². The van der Waals surface area contributed by atoms with Gasteiger partial charge in [0.15, 0.2) is 0 Å². The van der Waals surface area contributed by atoms with Gasteiger partial charge in [0.1, 0.15) is 0 Å². The smallest absolute Gasteiger partial charge is 0.0739 e. The molecule has 12 heavy (non-hydrogen) atoms. The number of hydrogen-bond acceptors (Lipinski definition) is 2. The molecule has 1 aliphatic heterocycles.